The van der Waals surface area contributed by atoms with E-state index < -0.39 is 0 Å². The zero-order valence-electron chi connectivity index (χ0n) is 12.2. The molecule has 5 heteroatoms. The van der Waals surface area contributed by atoms with Crippen LogP contribution >= 0.6 is 12.2 Å². The summed E-state index contributed by atoms with van der Waals surface area (Å²) in [6.07, 6.45) is 2.14. The first kappa shape index (κ1) is 16.6. The Kier molecular flexibility index (Phi) is 6.61. The number of benzene rings is 1. The monoisotopic (exact) mass is 293 g/mol. The van der Waals surface area contributed by atoms with Gasteiger partial charge in [-0.05, 0) is 37.1 Å². The Morgan fingerprint density at radius 3 is 2.55 bits per heavy atom. The first-order valence-electron chi connectivity index (χ1n) is 6.84. The minimum Gasteiger partial charge on any atom is -0.389 e. The molecule has 0 spiro atoms. The smallest absolute Gasteiger partial charge is 0.231 e. The van der Waals surface area contributed by atoms with Crippen molar-refractivity contribution in [2.75, 3.05) is 13.1 Å². The molecule has 20 heavy (non-hydrogen) atoms. The summed E-state index contributed by atoms with van der Waals surface area (Å²) in [6.45, 7) is 6.03. The van der Waals surface area contributed by atoms with Crippen molar-refractivity contribution in [1.29, 1.82) is 0 Å². The lowest BCUT2D eigenvalue weighted by molar-refractivity contribution is -0.119. The van der Waals surface area contributed by atoms with Gasteiger partial charge in [0.2, 0.25) is 5.91 Å². The van der Waals surface area contributed by atoms with E-state index in [1.54, 1.807) is 0 Å². The molecule has 0 aliphatic rings. The van der Waals surface area contributed by atoms with Crippen LogP contribution < -0.4 is 11.5 Å². The van der Waals surface area contributed by atoms with Gasteiger partial charge in [0, 0.05) is 12.1 Å². The van der Waals surface area contributed by atoms with Crippen LogP contribution in [0.15, 0.2) is 18.2 Å². The van der Waals surface area contributed by atoms with Gasteiger partial charge in [-0.1, -0.05) is 37.7 Å². The fourth-order valence-corrected chi connectivity index (χ4v) is 2.21. The molecule has 1 aromatic carbocycles. The fraction of sp³-hybridized carbons (Fsp3) is 0.467. The maximum Gasteiger partial charge on any atom is 0.231 e. The third-order valence-corrected chi connectivity index (χ3v) is 3.46. The predicted molar refractivity (Wildman–Crippen MR) is 86.4 cm³/mol. The second-order valence-electron chi connectivity index (χ2n) is 5.04. The van der Waals surface area contributed by atoms with Crippen molar-refractivity contribution in [1.82, 2.24) is 4.90 Å². The van der Waals surface area contributed by atoms with E-state index in [1.165, 1.54) is 5.56 Å². The number of hydrogen-bond acceptors (Lipinski definition) is 3. The molecule has 0 aromatic heterocycles. The van der Waals surface area contributed by atoms with Gasteiger partial charge in [-0.25, -0.2) is 0 Å². The maximum absolute atomic E-state index is 11.1. The summed E-state index contributed by atoms with van der Waals surface area (Å²) < 4.78 is 0. The highest BCUT2D eigenvalue weighted by Gasteiger charge is 2.10. The van der Waals surface area contributed by atoms with E-state index in [-0.39, 0.29) is 12.5 Å². The van der Waals surface area contributed by atoms with Gasteiger partial charge in [0.1, 0.15) is 4.99 Å². The summed E-state index contributed by atoms with van der Waals surface area (Å²) in [7, 11) is 0. The number of carbonyl (C=O) groups excluding carboxylic acids is 1. The number of rotatable bonds is 8. The lowest BCUT2D eigenvalue weighted by atomic mass is 10.0. The zero-order valence-corrected chi connectivity index (χ0v) is 13.0. The lowest BCUT2D eigenvalue weighted by Crippen LogP contribution is -2.34. The normalized spacial score (nSPS) is 10.8. The van der Waals surface area contributed by atoms with Crippen molar-refractivity contribution in [3.05, 3.63) is 34.9 Å². The Morgan fingerprint density at radius 1 is 1.35 bits per heavy atom. The van der Waals surface area contributed by atoms with Crippen LogP contribution in [0.3, 0.4) is 0 Å². The Morgan fingerprint density at radius 2 is 2.05 bits per heavy atom. The topological polar surface area (TPSA) is 72.3 Å². The van der Waals surface area contributed by atoms with Crippen LogP contribution in [-0.4, -0.2) is 28.9 Å². The molecule has 0 radical (unpaired) electrons. The van der Waals surface area contributed by atoms with Crippen LogP contribution in [0.5, 0.6) is 0 Å². The summed E-state index contributed by atoms with van der Waals surface area (Å²) in [5.41, 5.74) is 14.1. The molecule has 0 fully saturated rings. The van der Waals surface area contributed by atoms with E-state index in [0.29, 0.717) is 11.5 Å². The summed E-state index contributed by atoms with van der Waals surface area (Å²) in [4.78, 5) is 13.6. The highest BCUT2D eigenvalue weighted by atomic mass is 32.1. The Hall–Kier alpha value is -1.46. The highest BCUT2D eigenvalue weighted by molar-refractivity contribution is 7.80. The number of nitrogens with zero attached hydrogens (tertiary/aromatic N) is 1. The maximum atomic E-state index is 11.1. The van der Waals surface area contributed by atoms with E-state index in [1.807, 2.05) is 25.1 Å². The summed E-state index contributed by atoms with van der Waals surface area (Å²) >= 11 is 4.97. The van der Waals surface area contributed by atoms with Crippen molar-refractivity contribution in [3.63, 3.8) is 0 Å². The molecule has 4 nitrogen and oxygen atoms in total. The lowest BCUT2D eigenvalue weighted by Gasteiger charge is -2.21. The number of thiocarbonyl (C=S) groups is 1. The quantitative estimate of drug-likeness (QED) is 0.716. The van der Waals surface area contributed by atoms with Gasteiger partial charge in [-0.2, -0.15) is 0 Å². The molecular weight excluding hydrogens is 270 g/mol. The highest BCUT2D eigenvalue weighted by Crippen LogP contribution is 2.14. The van der Waals surface area contributed by atoms with Crippen molar-refractivity contribution in [2.45, 2.75) is 33.2 Å². The summed E-state index contributed by atoms with van der Waals surface area (Å²) in [5, 5.41) is 0. The van der Waals surface area contributed by atoms with Crippen LogP contribution in [-0.2, 0) is 11.3 Å². The Labute approximate surface area is 126 Å². The predicted octanol–water partition coefficient (Wildman–Crippen LogP) is 1.72. The van der Waals surface area contributed by atoms with E-state index in [9.17, 15) is 4.79 Å². The second-order valence-corrected chi connectivity index (χ2v) is 5.48. The number of aryl methyl sites for hydroxylation is 1. The molecule has 0 heterocycles. The largest absolute Gasteiger partial charge is 0.389 e. The molecule has 1 aromatic rings. The number of hydrogen-bond donors (Lipinski definition) is 2. The Balaban J connectivity index is 2.81. The van der Waals surface area contributed by atoms with Gasteiger partial charge in [0.05, 0.1) is 6.54 Å². The average molecular weight is 293 g/mol. The third-order valence-electron chi connectivity index (χ3n) is 3.23. The molecule has 0 saturated carbocycles. The molecular formula is C15H23N3OS. The first-order chi connectivity index (χ1) is 9.43. The third kappa shape index (κ3) is 5.27. The number of unbranched alkanes of at least 4 members (excludes halogenated alkanes) is 1. The van der Waals surface area contributed by atoms with Crippen LogP contribution in [0.4, 0.5) is 0 Å². The van der Waals surface area contributed by atoms with Crippen molar-refractivity contribution < 1.29 is 4.79 Å². The molecule has 110 valence electrons. The van der Waals surface area contributed by atoms with E-state index in [4.69, 9.17) is 23.7 Å². The van der Waals surface area contributed by atoms with Crippen molar-refractivity contribution in [2.24, 2.45) is 11.5 Å². The zero-order chi connectivity index (χ0) is 15.1. The summed E-state index contributed by atoms with van der Waals surface area (Å²) in [5.74, 6) is -0.293. The van der Waals surface area contributed by atoms with Gasteiger partial charge in [-0.3, -0.25) is 9.69 Å². The van der Waals surface area contributed by atoms with Gasteiger partial charge >= 0.3 is 0 Å². The minimum atomic E-state index is -0.293. The molecule has 0 bridgehead atoms. The van der Waals surface area contributed by atoms with Crippen molar-refractivity contribution in [3.8, 4) is 0 Å². The molecule has 4 N–H and O–H groups in total. The molecule has 0 atom stereocenters. The van der Waals surface area contributed by atoms with Crippen LogP contribution in [0.2, 0.25) is 0 Å². The Bertz CT molecular complexity index is 488. The molecule has 0 aliphatic carbocycles. The average Bonchev–Trinajstić information content (AvgIpc) is 2.37. The van der Waals surface area contributed by atoms with Gasteiger partial charge < -0.3 is 11.5 Å². The van der Waals surface area contributed by atoms with E-state index >= 15 is 0 Å². The van der Waals surface area contributed by atoms with Gasteiger partial charge in [-0.15, -0.1) is 0 Å². The van der Waals surface area contributed by atoms with Crippen LogP contribution in [0.25, 0.3) is 0 Å². The van der Waals surface area contributed by atoms with E-state index in [2.05, 4.69) is 11.8 Å². The molecule has 0 saturated heterocycles. The fourth-order valence-electron chi connectivity index (χ4n) is 2.08. The van der Waals surface area contributed by atoms with Crippen LogP contribution in [0, 0.1) is 6.92 Å². The molecule has 0 unspecified atom stereocenters. The standard InChI is InChI=1S/C15H23N3OS/c1-3-4-7-18(10-14(16)19)9-13-6-5-12(15(17)20)8-11(13)2/h5-6,8H,3-4,7,9-10H2,1-2H3,(H2,16,19)(H2,17,20). The first-order valence-corrected chi connectivity index (χ1v) is 7.24. The molecule has 1 rings (SSSR count). The van der Waals surface area contributed by atoms with E-state index in [0.717, 1.165) is 30.5 Å². The second kappa shape index (κ2) is 7.97. The number of nitrogens with two attached hydrogens (primary N) is 2. The van der Waals surface area contributed by atoms with Crippen LogP contribution in [0.1, 0.15) is 36.5 Å². The molecule has 0 aliphatic heterocycles. The van der Waals surface area contributed by atoms with Gasteiger partial charge in [0.15, 0.2) is 0 Å². The van der Waals surface area contributed by atoms with Gasteiger partial charge in [0.25, 0.3) is 0 Å². The minimum absolute atomic E-state index is 0.288. The van der Waals surface area contributed by atoms with Crippen molar-refractivity contribution >= 4 is 23.1 Å². The molecule has 1 amide bonds. The summed E-state index contributed by atoms with van der Waals surface area (Å²) in [6, 6.07) is 5.93. The SMILES string of the molecule is CCCCN(CC(N)=O)Cc1ccc(C(N)=S)cc1C. The number of amides is 1. The number of primary amides is 1. The number of carbonyl (C=O) groups is 1.